The number of hydrogen-bond donors (Lipinski definition) is 2. The summed E-state index contributed by atoms with van der Waals surface area (Å²) in [6, 6.07) is 5.84. The second-order valence-electron chi connectivity index (χ2n) is 8.90. The Morgan fingerprint density at radius 1 is 1.00 bits per heavy atom. The number of carbonyl (C=O) groups is 3. The maximum absolute atomic E-state index is 13.8. The van der Waals surface area contributed by atoms with Gasteiger partial charge in [0.15, 0.2) is 0 Å². The molecule has 8 nitrogen and oxygen atoms in total. The number of nitrogens with zero attached hydrogens (tertiary/aromatic N) is 1. The van der Waals surface area contributed by atoms with Crippen LogP contribution in [0, 0.1) is 17.0 Å². The molecule has 2 amide bonds. The average molecular weight is 490 g/mol. The van der Waals surface area contributed by atoms with Gasteiger partial charge in [0.1, 0.15) is 28.4 Å². The fraction of sp³-hybridized carbons (Fsp3) is 0.440. The minimum Gasteiger partial charge on any atom is -0.465 e. The van der Waals surface area contributed by atoms with E-state index in [2.05, 4.69) is 15.6 Å². The summed E-state index contributed by atoms with van der Waals surface area (Å²) >= 11 is 0. The number of esters is 1. The van der Waals surface area contributed by atoms with Crippen LogP contribution in [0.15, 0.2) is 36.5 Å². The lowest BCUT2D eigenvalue weighted by atomic mass is 9.88. The quantitative estimate of drug-likeness (QED) is 0.430. The number of aromatic nitrogens is 1. The van der Waals surface area contributed by atoms with Crippen LogP contribution in [0.25, 0.3) is 0 Å². The summed E-state index contributed by atoms with van der Waals surface area (Å²) < 4.78 is 37.5. The van der Waals surface area contributed by atoms with E-state index < -0.39 is 34.8 Å². The molecule has 1 fully saturated rings. The van der Waals surface area contributed by atoms with Crippen molar-refractivity contribution in [3.8, 4) is 11.6 Å². The molecule has 188 valence electrons. The lowest BCUT2D eigenvalue weighted by Gasteiger charge is -2.32. The molecule has 0 spiro atoms. The summed E-state index contributed by atoms with van der Waals surface area (Å²) in [6.45, 7) is 4.91. The van der Waals surface area contributed by atoms with Gasteiger partial charge in [-0.15, -0.1) is 0 Å². The van der Waals surface area contributed by atoms with Gasteiger partial charge in [-0.05, 0) is 76.8 Å². The van der Waals surface area contributed by atoms with Gasteiger partial charge in [-0.3, -0.25) is 14.4 Å². The van der Waals surface area contributed by atoms with Crippen LogP contribution in [0.4, 0.5) is 8.78 Å². The van der Waals surface area contributed by atoms with Crippen molar-refractivity contribution in [3.63, 3.8) is 0 Å². The topological polar surface area (TPSA) is 107 Å². The number of ether oxygens (including phenoxy) is 2. The van der Waals surface area contributed by atoms with Crippen LogP contribution in [-0.4, -0.2) is 41.5 Å². The summed E-state index contributed by atoms with van der Waals surface area (Å²) in [7, 11) is 0. The van der Waals surface area contributed by atoms with Crippen LogP contribution in [0.2, 0.25) is 0 Å². The van der Waals surface area contributed by atoms with Crippen molar-refractivity contribution in [1.82, 2.24) is 15.6 Å². The van der Waals surface area contributed by atoms with Gasteiger partial charge < -0.3 is 20.1 Å². The third kappa shape index (κ3) is 6.74. The Labute approximate surface area is 202 Å². The monoisotopic (exact) mass is 489 g/mol. The van der Waals surface area contributed by atoms with Gasteiger partial charge in [0, 0.05) is 12.1 Å². The molecule has 1 heterocycles. The van der Waals surface area contributed by atoms with Crippen LogP contribution < -0.4 is 15.4 Å². The highest BCUT2D eigenvalue weighted by Gasteiger charge is 2.39. The maximum Gasteiger partial charge on any atom is 0.321 e. The lowest BCUT2D eigenvalue weighted by Crippen LogP contribution is -2.49. The van der Waals surface area contributed by atoms with Crippen molar-refractivity contribution in [2.45, 2.75) is 58.5 Å². The van der Waals surface area contributed by atoms with Crippen LogP contribution in [0.1, 0.15) is 56.8 Å². The molecule has 2 aromatic rings. The summed E-state index contributed by atoms with van der Waals surface area (Å²) in [5, 5.41) is 5.76. The zero-order chi connectivity index (χ0) is 25.6. The molecule has 1 aromatic heterocycles. The largest absolute Gasteiger partial charge is 0.465 e. The third-order valence-corrected chi connectivity index (χ3v) is 5.84. The van der Waals surface area contributed by atoms with Gasteiger partial charge in [0.25, 0.3) is 5.91 Å². The predicted octanol–water partition coefficient (Wildman–Crippen LogP) is 3.90. The Balaban J connectivity index is 1.57. The SMILES string of the molecule is CCOC(=O)C(C)(C)C(=O)NC1CCC(NC(=O)c2cc(F)cnc2Oc2ccc(F)cc2)CC1. The Morgan fingerprint density at radius 3 is 2.20 bits per heavy atom. The van der Waals surface area contributed by atoms with Gasteiger partial charge in [-0.1, -0.05) is 0 Å². The van der Waals surface area contributed by atoms with Crippen LogP contribution in [0.3, 0.4) is 0 Å². The summed E-state index contributed by atoms with van der Waals surface area (Å²) in [5.41, 5.74) is -1.38. The average Bonchev–Trinajstić information content (AvgIpc) is 2.83. The highest BCUT2D eigenvalue weighted by Crippen LogP contribution is 2.26. The molecule has 0 saturated heterocycles. The predicted molar refractivity (Wildman–Crippen MR) is 123 cm³/mol. The highest BCUT2D eigenvalue weighted by molar-refractivity contribution is 6.02. The lowest BCUT2D eigenvalue weighted by molar-refractivity contribution is -0.158. The summed E-state index contributed by atoms with van der Waals surface area (Å²) in [6.07, 6.45) is 3.27. The first-order valence-corrected chi connectivity index (χ1v) is 11.5. The van der Waals surface area contributed by atoms with Gasteiger partial charge in [-0.2, -0.15) is 0 Å². The van der Waals surface area contributed by atoms with Crippen molar-refractivity contribution in [1.29, 1.82) is 0 Å². The van der Waals surface area contributed by atoms with Gasteiger partial charge in [0.05, 0.1) is 12.8 Å². The van der Waals surface area contributed by atoms with Gasteiger partial charge in [-0.25, -0.2) is 13.8 Å². The fourth-order valence-corrected chi connectivity index (χ4v) is 3.70. The molecule has 1 aliphatic carbocycles. The molecule has 1 saturated carbocycles. The zero-order valence-electron chi connectivity index (χ0n) is 19.9. The first kappa shape index (κ1) is 26.1. The minimum atomic E-state index is -1.30. The second-order valence-corrected chi connectivity index (χ2v) is 8.90. The van der Waals surface area contributed by atoms with E-state index in [1.54, 1.807) is 6.92 Å². The number of nitrogens with one attached hydrogen (secondary N) is 2. The summed E-state index contributed by atoms with van der Waals surface area (Å²) in [5.74, 6) is -2.53. The Hall–Kier alpha value is -3.56. The van der Waals surface area contributed by atoms with E-state index in [4.69, 9.17) is 9.47 Å². The highest BCUT2D eigenvalue weighted by atomic mass is 19.1. The van der Waals surface area contributed by atoms with Gasteiger partial charge in [0.2, 0.25) is 11.8 Å². The Kier molecular flexibility index (Phi) is 8.37. The molecular formula is C25H29F2N3O5. The number of halogens is 2. The molecule has 0 aliphatic heterocycles. The van der Waals surface area contributed by atoms with E-state index in [-0.39, 0.29) is 35.9 Å². The van der Waals surface area contributed by atoms with Crippen LogP contribution in [0.5, 0.6) is 11.6 Å². The molecule has 35 heavy (non-hydrogen) atoms. The molecule has 0 atom stereocenters. The molecule has 3 rings (SSSR count). The van der Waals surface area contributed by atoms with E-state index in [1.807, 2.05) is 0 Å². The van der Waals surface area contributed by atoms with Crippen LogP contribution >= 0.6 is 0 Å². The summed E-state index contributed by atoms with van der Waals surface area (Å²) in [4.78, 5) is 41.4. The van der Waals surface area contributed by atoms with Crippen molar-refractivity contribution >= 4 is 17.8 Å². The fourth-order valence-electron chi connectivity index (χ4n) is 3.70. The third-order valence-electron chi connectivity index (χ3n) is 5.84. The molecule has 10 heteroatoms. The molecule has 1 aromatic carbocycles. The van der Waals surface area contributed by atoms with E-state index in [1.165, 1.54) is 38.1 Å². The molecule has 1 aliphatic rings. The number of carbonyl (C=O) groups excluding carboxylic acids is 3. The first-order valence-electron chi connectivity index (χ1n) is 11.5. The number of amides is 2. The normalized spacial score (nSPS) is 17.9. The van der Waals surface area contributed by atoms with Crippen molar-refractivity contribution in [2.24, 2.45) is 5.41 Å². The standard InChI is InChI=1S/C25H29F2N3O5/c1-4-34-24(33)25(2,3)23(32)30-18-9-7-17(8-10-18)29-21(31)20-13-16(27)14-28-22(20)35-19-11-5-15(26)6-12-19/h5-6,11-14,17-18H,4,7-10H2,1-3H3,(H,29,31)(H,30,32). The van der Waals surface area contributed by atoms with Crippen molar-refractivity contribution in [3.05, 3.63) is 53.7 Å². The molecule has 2 N–H and O–H groups in total. The molecule has 0 unspecified atom stereocenters. The van der Waals surface area contributed by atoms with E-state index in [0.29, 0.717) is 25.7 Å². The van der Waals surface area contributed by atoms with Crippen LogP contribution in [-0.2, 0) is 14.3 Å². The smallest absolute Gasteiger partial charge is 0.321 e. The Bertz CT molecular complexity index is 1070. The van der Waals surface area contributed by atoms with Gasteiger partial charge >= 0.3 is 5.97 Å². The van der Waals surface area contributed by atoms with Crippen molar-refractivity contribution < 1.29 is 32.6 Å². The molecule has 0 radical (unpaired) electrons. The maximum atomic E-state index is 13.8. The van der Waals surface area contributed by atoms with E-state index >= 15 is 0 Å². The van der Waals surface area contributed by atoms with Crippen molar-refractivity contribution in [2.75, 3.05) is 6.61 Å². The molecule has 0 bridgehead atoms. The number of pyridine rings is 1. The second kappa shape index (κ2) is 11.2. The number of rotatable bonds is 8. The Morgan fingerprint density at radius 2 is 1.60 bits per heavy atom. The number of hydrogen-bond acceptors (Lipinski definition) is 6. The minimum absolute atomic E-state index is 0.0825. The van der Waals surface area contributed by atoms with E-state index in [0.717, 1.165) is 12.3 Å². The first-order chi connectivity index (χ1) is 16.6. The molecular weight excluding hydrogens is 460 g/mol. The zero-order valence-corrected chi connectivity index (χ0v) is 19.9. The van der Waals surface area contributed by atoms with E-state index in [9.17, 15) is 23.2 Å². The number of benzene rings is 1.